The zero-order chi connectivity index (χ0) is 12.6. The molecule has 0 heterocycles. The topological polar surface area (TPSA) is 52.6 Å². The van der Waals surface area contributed by atoms with E-state index in [0.29, 0.717) is 11.1 Å². The van der Waals surface area contributed by atoms with Gasteiger partial charge in [-0.3, -0.25) is 0 Å². The summed E-state index contributed by atoms with van der Waals surface area (Å²) >= 11 is 0. The van der Waals surface area contributed by atoms with Crippen molar-refractivity contribution in [1.82, 2.24) is 0 Å². The van der Waals surface area contributed by atoms with Crippen molar-refractivity contribution in [2.75, 3.05) is 14.2 Å². The second kappa shape index (κ2) is 7.45. The Morgan fingerprint density at radius 2 is 1.12 bits per heavy atom. The highest BCUT2D eigenvalue weighted by atomic mass is 16.5. The van der Waals surface area contributed by atoms with Crippen molar-refractivity contribution in [2.24, 2.45) is 0 Å². The molecule has 0 bridgehead atoms. The molecule has 88 valence electrons. The third-order valence-corrected chi connectivity index (χ3v) is 1.82. The zero-order valence-corrected chi connectivity index (χ0v) is 9.94. The van der Waals surface area contributed by atoms with Gasteiger partial charge in [0, 0.05) is 11.1 Å². The van der Waals surface area contributed by atoms with Crippen LogP contribution in [0.25, 0.3) is 0 Å². The first-order valence-corrected chi connectivity index (χ1v) is 4.71. The fourth-order valence-electron chi connectivity index (χ4n) is 0.858. The number of ether oxygens (including phenoxy) is 2. The number of rotatable bonds is 4. The Labute approximate surface area is 95.2 Å². The minimum atomic E-state index is -0.377. The average Bonchev–Trinajstić information content (AvgIpc) is 2.31. The molecule has 0 N–H and O–H groups in total. The van der Waals surface area contributed by atoms with Gasteiger partial charge in [-0.15, -0.1) is 0 Å². The van der Waals surface area contributed by atoms with Crippen LogP contribution in [-0.2, 0) is 19.1 Å². The second-order valence-corrected chi connectivity index (χ2v) is 3.07. The molecule has 0 fully saturated rings. The first-order chi connectivity index (χ1) is 7.52. The molecule has 0 spiro atoms. The van der Waals surface area contributed by atoms with E-state index in [1.54, 1.807) is 38.2 Å². The summed E-state index contributed by atoms with van der Waals surface area (Å²) < 4.78 is 9.03. The van der Waals surface area contributed by atoms with Crippen molar-refractivity contribution < 1.29 is 19.1 Å². The fourth-order valence-corrected chi connectivity index (χ4v) is 0.858. The van der Waals surface area contributed by atoms with Crippen molar-refractivity contribution in [2.45, 2.75) is 13.8 Å². The predicted octanol–water partition coefficient (Wildman–Crippen LogP) is 1.78. The van der Waals surface area contributed by atoms with Gasteiger partial charge in [-0.05, 0) is 13.8 Å². The van der Waals surface area contributed by atoms with E-state index < -0.39 is 0 Å². The Bertz CT molecular complexity index is 314. The maximum Gasteiger partial charge on any atom is 0.333 e. The molecule has 0 atom stereocenters. The van der Waals surface area contributed by atoms with E-state index >= 15 is 0 Å². The van der Waals surface area contributed by atoms with Crippen LogP contribution in [0.3, 0.4) is 0 Å². The zero-order valence-electron chi connectivity index (χ0n) is 9.94. The van der Waals surface area contributed by atoms with Gasteiger partial charge in [0.1, 0.15) is 0 Å². The number of hydrogen-bond acceptors (Lipinski definition) is 4. The molecule has 0 aliphatic rings. The summed E-state index contributed by atoms with van der Waals surface area (Å²) in [6.45, 7) is 3.29. The van der Waals surface area contributed by atoms with Crippen LogP contribution in [0, 0.1) is 0 Å². The van der Waals surface area contributed by atoms with Crippen molar-refractivity contribution in [3.63, 3.8) is 0 Å². The van der Waals surface area contributed by atoms with Crippen LogP contribution in [0.1, 0.15) is 13.8 Å². The summed E-state index contributed by atoms with van der Waals surface area (Å²) in [5.41, 5.74) is 0.978. The van der Waals surface area contributed by atoms with E-state index in [-0.39, 0.29) is 11.9 Å². The molecule has 0 aliphatic carbocycles. The van der Waals surface area contributed by atoms with Crippen LogP contribution in [-0.4, -0.2) is 26.2 Å². The lowest BCUT2D eigenvalue weighted by Crippen LogP contribution is -2.01. The van der Waals surface area contributed by atoms with Gasteiger partial charge in [0.05, 0.1) is 14.2 Å². The molecular weight excluding hydrogens is 208 g/mol. The molecular formula is C12H16O4. The summed E-state index contributed by atoms with van der Waals surface area (Å²) in [6, 6.07) is 0. The Balaban J connectivity index is 4.42. The van der Waals surface area contributed by atoms with Gasteiger partial charge in [-0.25, -0.2) is 9.59 Å². The van der Waals surface area contributed by atoms with Crippen molar-refractivity contribution in [3.8, 4) is 0 Å². The maximum absolute atomic E-state index is 11.0. The van der Waals surface area contributed by atoms with Gasteiger partial charge < -0.3 is 9.47 Å². The Morgan fingerprint density at radius 3 is 1.38 bits per heavy atom. The van der Waals surface area contributed by atoms with Crippen LogP contribution >= 0.6 is 0 Å². The fraction of sp³-hybridized carbons (Fsp3) is 0.333. The first-order valence-electron chi connectivity index (χ1n) is 4.71. The van der Waals surface area contributed by atoms with E-state index in [0.717, 1.165) is 0 Å². The molecule has 0 aromatic heterocycles. The standard InChI is InChI=1S/C12H16O4/c1-9(11(13)15-3)7-5-6-8-10(2)12(14)16-4/h5-8H,1-4H3/b6-5+,9-7+,10-8+. The SMILES string of the molecule is COC(=O)/C(C)=C/C=C/C=C(\C)C(=O)OC. The smallest absolute Gasteiger partial charge is 0.333 e. The van der Waals surface area contributed by atoms with Gasteiger partial charge in [-0.2, -0.15) is 0 Å². The molecule has 4 nitrogen and oxygen atoms in total. The van der Waals surface area contributed by atoms with Gasteiger partial charge >= 0.3 is 11.9 Å². The van der Waals surface area contributed by atoms with Crippen LogP contribution in [0.2, 0.25) is 0 Å². The summed E-state index contributed by atoms with van der Waals surface area (Å²) in [5.74, 6) is -0.753. The van der Waals surface area contributed by atoms with Gasteiger partial charge in [0.15, 0.2) is 0 Å². The maximum atomic E-state index is 11.0. The summed E-state index contributed by atoms with van der Waals surface area (Å²) in [4.78, 5) is 22.0. The third kappa shape index (κ3) is 5.14. The van der Waals surface area contributed by atoms with Gasteiger partial charge in [0.25, 0.3) is 0 Å². The lowest BCUT2D eigenvalue weighted by Gasteiger charge is -1.96. The highest BCUT2D eigenvalue weighted by Gasteiger charge is 2.00. The van der Waals surface area contributed by atoms with E-state index in [4.69, 9.17) is 0 Å². The van der Waals surface area contributed by atoms with Crippen LogP contribution in [0.15, 0.2) is 35.5 Å². The Morgan fingerprint density at radius 1 is 0.812 bits per heavy atom. The summed E-state index contributed by atoms with van der Waals surface area (Å²) in [5, 5.41) is 0. The molecule has 16 heavy (non-hydrogen) atoms. The molecule has 0 radical (unpaired) electrons. The largest absolute Gasteiger partial charge is 0.466 e. The first kappa shape index (κ1) is 14.2. The molecule has 0 unspecified atom stereocenters. The quantitative estimate of drug-likeness (QED) is 0.415. The van der Waals surface area contributed by atoms with E-state index in [1.807, 2.05) is 0 Å². The lowest BCUT2D eigenvalue weighted by molar-refractivity contribution is -0.136. The highest BCUT2D eigenvalue weighted by Crippen LogP contribution is 1.98. The normalized spacial score (nSPS) is 12.8. The Hall–Kier alpha value is -1.84. The number of methoxy groups -OCH3 is 2. The van der Waals surface area contributed by atoms with E-state index in [9.17, 15) is 9.59 Å². The van der Waals surface area contributed by atoms with Gasteiger partial charge in [-0.1, -0.05) is 24.3 Å². The van der Waals surface area contributed by atoms with E-state index in [1.165, 1.54) is 14.2 Å². The van der Waals surface area contributed by atoms with Crippen LogP contribution < -0.4 is 0 Å². The second-order valence-electron chi connectivity index (χ2n) is 3.07. The predicted molar refractivity (Wildman–Crippen MR) is 60.7 cm³/mol. The molecule has 0 saturated carbocycles. The number of carbonyl (C=O) groups excluding carboxylic acids is 2. The minimum Gasteiger partial charge on any atom is -0.466 e. The summed E-state index contributed by atoms with van der Waals surface area (Å²) in [7, 11) is 2.65. The third-order valence-electron chi connectivity index (χ3n) is 1.82. The molecule has 0 amide bonds. The number of esters is 2. The molecule has 4 heteroatoms. The van der Waals surface area contributed by atoms with Gasteiger partial charge in [0.2, 0.25) is 0 Å². The monoisotopic (exact) mass is 224 g/mol. The molecule has 0 aromatic carbocycles. The van der Waals surface area contributed by atoms with Crippen molar-refractivity contribution in [1.29, 1.82) is 0 Å². The average molecular weight is 224 g/mol. The summed E-state index contributed by atoms with van der Waals surface area (Å²) in [6.07, 6.45) is 6.51. The minimum absolute atomic E-state index is 0.377. The molecule has 0 rings (SSSR count). The lowest BCUT2D eigenvalue weighted by atomic mass is 10.2. The highest BCUT2D eigenvalue weighted by molar-refractivity contribution is 5.88. The number of carbonyl (C=O) groups is 2. The van der Waals surface area contributed by atoms with Crippen LogP contribution in [0.5, 0.6) is 0 Å². The van der Waals surface area contributed by atoms with E-state index in [2.05, 4.69) is 9.47 Å². The Kier molecular flexibility index (Phi) is 6.59. The number of hydrogen-bond donors (Lipinski definition) is 0. The molecule has 0 saturated heterocycles. The molecule has 0 aromatic rings. The van der Waals surface area contributed by atoms with Crippen molar-refractivity contribution >= 4 is 11.9 Å². The number of allylic oxidation sites excluding steroid dienone is 4. The van der Waals surface area contributed by atoms with Crippen molar-refractivity contribution in [3.05, 3.63) is 35.5 Å². The molecule has 0 aliphatic heterocycles. The van der Waals surface area contributed by atoms with Crippen LogP contribution in [0.4, 0.5) is 0 Å².